The fourth-order valence-corrected chi connectivity index (χ4v) is 1.24. The molecule has 0 heterocycles. The number of rotatable bonds is 0. The maximum atomic E-state index is 1.50. The van der Waals surface area contributed by atoms with Crippen LogP contribution in [0.1, 0.15) is 44.9 Å². The first-order valence-electron chi connectivity index (χ1n) is 3.50. The van der Waals surface area contributed by atoms with E-state index in [0.29, 0.717) is 0 Å². The summed E-state index contributed by atoms with van der Waals surface area (Å²) in [6.45, 7) is 0. The van der Waals surface area contributed by atoms with Gasteiger partial charge in [-0.25, -0.2) is 0 Å². The second-order valence-corrected chi connectivity index (χ2v) is 2.47. The Morgan fingerprint density at radius 3 is 0.556 bits per heavy atom. The van der Waals surface area contributed by atoms with Gasteiger partial charge in [0.2, 0.25) is 0 Å². The van der Waals surface area contributed by atoms with Crippen molar-refractivity contribution in [1.82, 2.24) is 0 Å². The standard InChI is InChI=1S/C7H14.2Te/c1-2-4-6-7-5-3-1;;/h1-7H2;;. The van der Waals surface area contributed by atoms with E-state index in [2.05, 4.69) is 0 Å². The second-order valence-electron chi connectivity index (χ2n) is 2.47. The molecule has 1 aliphatic rings. The van der Waals surface area contributed by atoms with Gasteiger partial charge < -0.3 is 0 Å². The van der Waals surface area contributed by atoms with Gasteiger partial charge in [-0.15, -0.1) is 0 Å². The summed E-state index contributed by atoms with van der Waals surface area (Å²) in [5, 5.41) is 0. The van der Waals surface area contributed by atoms with Crippen molar-refractivity contribution in [2.24, 2.45) is 0 Å². The summed E-state index contributed by atoms with van der Waals surface area (Å²) in [7, 11) is 0. The smallest absolute Gasteiger partial charge is 0 e. The van der Waals surface area contributed by atoms with E-state index in [1.165, 1.54) is 44.9 Å². The molecular formula is C7H14Te2. The first-order chi connectivity index (χ1) is 3.50. The van der Waals surface area contributed by atoms with E-state index in [-0.39, 0.29) is 47.3 Å². The van der Waals surface area contributed by atoms with Gasteiger partial charge >= 0.3 is 0 Å². The molecule has 1 saturated carbocycles. The van der Waals surface area contributed by atoms with Crippen molar-refractivity contribution in [3.63, 3.8) is 0 Å². The Morgan fingerprint density at radius 1 is 0.333 bits per heavy atom. The third kappa shape index (κ3) is 7.48. The molecule has 0 atom stereocenters. The minimum absolute atomic E-state index is 0. The van der Waals surface area contributed by atoms with Gasteiger partial charge in [0.05, 0.1) is 0 Å². The molecule has 0 nitrogen and oxygen atoms in total. The maximum absolute atomic E-state index is 1.50. The van der Waals surface area contributed by atoms with Gasteiger partial charge in [0.15, 0.2) is 0 Å². The van der Waals surface area contributed by atoms with Crippen LogP contribution in [0.4, 0.5) is 0 Å². The zero-order valence-electron chi connectivity index (χ0n) is 5.77. The average molecular weight is 353 g/mol. The minimum Gasteiger partial charge on any atom is -0.0533 e. The van der Waals surface area contributed by atoms with Crippen molar-refractivity contribution in [2.45, 2.75) is 44.9 Å². The summed E-state index contributed by atoms with van der Waals surface area (Å²) in [6, 6.07) is 0. The fraction of sp³-hybridized carbons (Fsp3) is 1.00. The molecule has 0 unspecified atom stereocenters. The zero-order valence-corrected chi connectivity index (χ0v) is 10.4. The summed E-state index contributed by atoms with van der Waals surface area (Å²) in [4.78, 5) is 0. The van der Waals surface area contributed by atoms with Crippen LogP contribution in [0.3, 0.4) is 0 Å². The Bertz CT molecular complexity index is 26.5. The van der Waals surface area contributed by atoms with E-state index >= 15 is 0 Å². The minimum atomic E-state index is 0. The van der Waals surface area contributed by atoms with Gasteiger partial charge in [0.1, 0.15) is 0 Å². The summed E-state index contributed by atoms with van der Waals surface area (Å²) >= 11 is 0. The topological polar surface area (TPSA) is 0 Å². The summed E-state index contributed by atoms with van der Waals surface area (Å²) in [5.41, 5.74) is 0. The Morgan fingerprint density at radius 2 is 0.444 bits per heavy atom. The fourth-order valence-electron chi connectivity index (χ4n) is 1.24. The van der Waals surface area contributed by atoms with Crippen LogP contribution in [0.15, 0.2) is 0 Å². The Hall–Kier alpha value is 1.58. The molecule has 0 saturated heterocycles. The molecule has 0 aromatic carbocycles. The Kier molecular flexibility index (Phi) is 14.0. The SMILES string of the molecule is C1CCCCCC1.[Te].[Te]. The van der Waals surface area contributed by atoms with Gasteiger partial charge in [-0.2, -0.15) is 0 Å². The molecule has 9 heavy (non-hydrogen) atoms. The molecule has 0 spiro atoms. The maximum Gasteiger partial charge on any atom is 0 e. The predicted molar refractivity (Wildman–Crippen MR) is 43.8 cm³/mol. The van der Waals surface area contributed by atoms with Crippen LogP contribution in [0.2, 0.25) is 0 Å². The Balaban J connectivity index is 0. The zero-order chi connectivity index (χ0) is 4.95. The van der Waals surface area contributed by atoms with E-state index in [1.807, 2.05) is 0 Å². The molecule has 0 amide bonds. The van der Waals surface area contributed by atoms with Crippen molar-refractivity contribution in [1.29, 1.82) is 0 Å². The van der Waals surface area contributed by atoms with Crippen LogP contribution in [-0.4, -0.2) is 47.3 Å². The normalized spacial score (nSPS) is 18.7. The van der Waals surface area contributed by atoms with Gasteiger partial charge in [-0.3, -0.25) is 0 Å². The van der Waals surface area contributed by atoms with Gasteiger partial charge in [-0.1, -0.05) is 44.9 Å². The summed E-state index contributed by atoms with van der Waals surface area (Å²) in [5.74, 6) is 0. The molecule has 1 aliphatic carbocycles. The van der Waals surface area contributed by atoms with Crippen molar-refractivity contribution in [3.8, 4) is 0 Å². The molecular weight excluding hydrogens is 339 g/mol. The van der Waals surface area contributed by atoms with Crippen LogP contribution in [0.5, 0.6) is 0 Å². The second kappa shape index (κ2) is 9.58. The van der Waals surface area contributed by atoms with E-state index in [1.54, 1.807) is 0 Å². The molecule has 0 bridgehead atoms. The summed E-state index contributed by atoms with van der Waals surface area (Å²) < 4.78 is 0. The van der Waals surface area contributed by atoms with Crippen LogP contribution in [0.25, 0.3) is 0 Å². The largest absolute Gasteiger partial charge is 0.0533 e. The number of hydrogen-bond donors (Lipinski definition) is 0. The molecule has 1 rings (SSSR count). The van der Waals surface area contributed by atoms with Gasteiger partial charge in [0, 0.05) is 47.3 Å². The van der Waals surface area contributed by atoms with Gasteiger partial charge in [-0.05, 0) is 0 Å². The van der Waals surface area contributed by atoms with Crippen LogP contribution >= 0.6 is 0 Å². The number of hydrogen-bond acceptors (Lipinski definition) is 0. The average Bonchev–Trinajstić information content (AvgIpc) is 1.90. The van der Waals surface area contributed by atoms with Crippen LogP contribution < -0.4 is 0 Å². The van der Waals surface area contributed by atoms with Crippen molar-refractivity contribution >= 4 is 47.3 Å². The van der Waals surface area contributed by atoms with Crippen molar-refractivity contribution in [2.75, 3.05) is 0 Å². The van der Waals surface area contributed by atoms with E-state index in [4.69, 9.17) is 0 Å². The van der Waals surface area contributed by atoms with E-state index in [9.17, 15) is 0 Å². The molecule has 0 N–H and O–H groups in total. The molecule has 0 aliphatic heterocycles. The van der Waals surface area contributed by atoms with Crippen molar-refractivity contribution in [3.05, 3.63) is 0 Å². The molecule has 54 valence electrons. The van der Waals surface area contributed by atoms with Crippen molar-refractivity contribution < 1.29 is 0 Å². The predicted octanol–water partition coefficient (Wildman–Crippen LogP) is 1.97. The molecule has 0 aromatic heterocycles. The summed E-state index contributed by atoms with van der Waals surface area (Å²) in [6.07, 6.45) is 10.5. The molecule has 4 radical (unpaired) electrons. The molecule has 0 aromatic rings. The van der Waals surface area contributed by atoms with Crippen LogP contribution in [0, 0.1) is 0 Å². The Labute approximate surface area is 91.6 Å². The van der Waals surface area contributed by atoms with Gasteiger partial charge in [0.25, 0.3) is 0 Å². The van der Waals surface area contributed by atoms with E-state index < -0.39 is 0 Å². The van der Waals surface area contributed by atoms with Crippen LogP contribution in [-0.2, 0) is 0 Å². The molecule has 1 fully saturated rings. The monoisotopic (exact) mass is 358 g/mol. The quantitative estimate of drug-likeness (QED) is 0.461. The first kappa shape index (κ1) is 13.2. The third-order valence-corrected chi connectivity index (χ3v) is 1.75. The third-order valence-electron chi connectivity index (χ3n) is 1.75. The van der Waals surface area contributed by atoms with E-state index in [0.717, 1.165) is 0 Å². The first-order valence-corrected chi connectivity index (χ1v) is 3.50. The molecule has 2 heteroatoms.